The van der Waals surface area contributed by atoms with E-state index in [2.05, 4.69) is 5.32 Å². The van der Waals surface area contributed by atoms with Crippen molar-refractivity contribution in [1.29, 1.82) is 0 Å². The van der Waals surface area contributed by atoms with Crippen molar-refractivity contribution >= 4 is 21.6 Å². The lowest BCUT2D eigenvalue weighted by atomic mass is 10.1. The zero-order valence-corrected chi connectivity index (χ0v) is 14.4. The molecule has 2 aromatic carbocycles. The number of nitrogens with zero attached hydrogens (tertiary/aromatic N) is 1. The third-order valence-corrected chi connectivity index (χ3v) is 6.17. The van der Waals surface area contributed by atoms with E-state index in [1.54, 1.807) is 24.3 Å². The van der Waals surface area contributed by atoms with Crippen LogP contribution in [0.4, 0.5) is 13.2 Å². The van der Waals surface area contributed by atoms with Crippen LogP contribution in [0.3, 0.4) is 0 Å². The first kappa shape index (κ1) is 18.2. The SMILES string of the molecule is O=S(=O)(c1ccc(F)c(F)c1F)N1CCNCC1c1cccc(Cl)c1. The second-order valence-corrected chi connectivity index (χ2v) is 7.86. The highest BCUT2D eigenvalue weighted by Crippen LogP contribution is 2.31. The average molecular weight is 391 g/mol. The van der Waals surface area contributed by atoms with E-state index in [1.165, 1.54) is 0 Å². The summed E-state index contributed by atoms with van der Waals surface area (Å²) >= 11 is 5.97. The van der Waals surface area contributed by atoms with Gasteiger partial charge in [-0.05, 0) is 29.8 Å². The minimum absolute atomic E-state index is 0.0535. The first-order valence-electron chi connectivity index (χ1n) is 7.44. The summed E-state index contributed by atoms with van der Waals surface area (Å²) in [6.45, 7) is 0.685. The molecule has 1 saturated heterocycles. The summed E-state index contributed by atoms with van der Waals surface area (Å²) < 4.78 is 67.5. The van der Waals surface area contributed by atoms with Crippen molar-refractivity contribution in [2.45, 2.75) is 10.9 Å². The van der Waals surface area contributed by atoms with Gasteiger partial charge in [0.2, 0.25) is 10.0 Å². The van der Waals surface area contributed by atoms with Gasteiger partial charge in [0, 0.05) is 24.7 Å². The van der Waals surface area contributed by atoms with E-state index >= 15 is 0 Å². The Hall–Kier alpha value is -1.61. The van der Waals surface area contributed by atoms with Crippen molar-refractivity contribution in [2.24, 2.45) is 0 Å². The third kappa shape index (κ3) is 3.39. The van der Waals surface area contributed by atoms with Crippen molar-refractivity contribution in [3.8, 4) is 0 Å². The topological polar surface area (TPSA) is 49.4 Å². The van der Waals surface area contributed by atoms with E-state index in [0.29, 0.717) is 23.2 Å². The fraction of sp³-hybridized carbons (Fsp3) is 0.250. The van der Waals surface area contributed by atoms with Crippen LogP contribution in [-0.4, -0.2) is 32.4 Å². The molecule has 0 aromatic heterocycles. The van der Waals surface area contributed by atoms with E-state index < -0.39 is 38.4 Å². The van der Waals surface area contributed by atoms with Crippen LogP contribution in [0.1, 0.15) is 11.6 Å². The van der Waals surface area contributed by atoms with Crippen LogP contribution in [-0.2, 0) is 10.0 Å². The maximum Gasteiger partial charge on any atom is 0.246 e. The fourth-order valence-electron chi connectivity index (χ4n) is 2.81. The summed E-state index contributed by atoms with van der Waals surface area (Å²) in [5, 5.41) is 3.49. The Balaban J connectivity index is 2.07. The first-order valence-corrected chi connectivity index (χ1v) is 9.25. The van der Waals surface area contributed by atoms with Crippen molar-refractivity contribution in [1.82, 2.24) is 9.62 Å². The van der Waals surface area contributed by atoms with Crippen LogP contribution in [0.25, 0.3) is 0 Å². The van der Waals surface area contributed by atoms with Crippen molar-refractivity contribution in [3.05, 3.63) is 64.4 Å². The average Bonchev–Trinajstić information content (AvgIpc) is 2.59. The predicted octanol–water partition coefficient (Wildman–Crippen LogP) is 3.09. The lowest BCUT2D eigenvalue weighted by molar-refractivity contribution is 0.270. The van der Waals surface area contributed by atoms with Crippen molar-refractivity contribution in [2.75, 3.05) is 19.6 Å². The van der Waals surface area contributed by atoms with Gasteiger partial charge < -0.3 is 5.32 Å². The summed E-state index contributed by atoms with van der Waals surface area (Å²) in [7, 11) is -4.37. The normalized spacial score (nSPS) is 19.1. The van der Waals surface area contributed by atoms with E-state index in [1.807, 2.05) is 0 Å². The minimum atomic E-state index is -4.37. The highest BCUT2D eigenvalue weighted by atomic mass is 35.5. The molecule has 1 aliphatic rings. The molecule has 1 heterocycles. The van der Waals surface area contributed by atoms with E-state index in [-0.39, 0.29) is 13.1 Å². The van der Waals surface area contributed by atoms with Crippen LogP contribution in [0, 0.1) is 17.5 Å². The van der Waals surface area contributed by atoms with Crippen LogP contribution in [0.2, 0.25) is 5.02 Å². The van der Waals surface area contributed by atoms with Crippen LogP contribution < -0.4 is 5.32 Å². The number of benzene rings is 2. The standard InChI is InChI=1S/C16H14ClF3N2O2S/c17-11-3-1-2-10(8-11)13-9-21-6-7-22(13)25(23,24)14-5-4-12(18)15(19)16(14)20/h1-5,8,13,21H,6-7,9H2. The molecule has 2 aromatic rings. The second kappa shape index (κ2) is 6.95. The monoisotopic (exact) mass is 390 g/mol. The number of halogens is 4. The van der Waals surface area contributed by atoms with Gasteiger partial charge in [-0.15, -0.1) is 0 Å². The number of nitrogens with one attached hydrogen (secondary N) is 1. The Kier molecular flexibility index (Phi) is 5.06. The first-order chi connectivity index (χ1) is 11.8. The molecule has 3 rings (SSSR count). The number of rotatable bonds is 3. The lowest BCUT2D eigenvalue weighted by Crippen LogP contribution is -2.48. The molecule has 0 amide bonds. The largest absolute Gasteiger partial charge is 0.313 e. The number of sulfonamides is 1. The van der Waals surface area contributed by atoms with Gasteiger partial charge in [-0.2, -0.15) is 4.31 Å². The Labute approximate surface area is 148 Å². The van der Waals surface area contributed by atoms with Crippen LogP contribution >= 0.6 is 11.6 Å². The smallest absolute Gasteiger partial charge is 0.246 e. The molecule has 1 aliphatic heterocycles. The molecular formula is C16H14ClF3N2O2S. The maximum atomic E-state index is 14.0. The van der Waals surface area contributed by atoms with Gasteiger partial charge in [0.15, 0.2) is 17.5 Å². The van der Waals surface area contributed by atoms with Gasteiger partial charge >= 0.3 is 0 Å². The highest BCUT2D eigenvalue weighted by molar-refractivity contribution is 7.89. The molecule has 25 heavy (non-hydrogen) atoms. The molecule has 1 unspecified atom stereocenters. The van der Waals surface area contributed by atoms with Crippen molar-refractivity contribution in [3.63, 3.8) is 0 Å². The molecule has 134 valence electrons. The van der Waals surface area contributed by atoms with Gasteiger partial charge in [-0.3, -0.25) is 0 Å². The number of hydrogen-bond acceptors (Lipinski definition) is 3. The van der Waals surface area contributed by atoms with E-state index in [0.717, 1.165) is 10.4 Å². The maximum absolute atomic E-state index is 14.0. The van der Waals surface area contributed by atoms with Gasteiger partial charge in [0.25, 0.3) is 0 Å². The number of piperazine rings is 1. The molecule has 0 radical (unpaired) electrons. The van der Waals surface area contributed by atoms with Crippen LogP contribution in [0.15, 0.2) is 41.3 Å². The molecule has 0 saturated carbocycles. The summed E-state index contributed by atoms with van der Waals surface area (Å²) in [6.07, 6.45) is 0. The molecule has 0 spiro atoms. The summed E-state index contributed by atoms with van der Waals surface area (Å²) in [5.41, 5.74) is 0.617. The van der Waals surface area contributed by atoms with E-state index in [9.17, 15) is 21.6 Å². The number of hydrogen-bond donors (Lipinski definition) is 1. The van der Waals surface area contributed by atoms with Gasteiger partial charge in [-0.1, -0.05) is 23.7 Å². The molecule has 0 aliphatic carbocycles. The fourth-order valence-corrected chi connectivity index (χ4v) is 4.68. The Morgan fingerprint density at radius 1 is 1.12 bits per heavy atom. The van der Waals surface area contributed by atoms with Gasteiger partial charge in [0.05, 0.1) is 6.04 Å². The third-order valence-electron chi connectivity index (χ3n) is 4.01. The zero-order valence-electron chi connectivity index (χ0n) is 12.8. The minimum Gasteiger partial charge on any atom is -0.313 e. The summed E-state index contributed by atoms with van der Waals surface area (Å²) in [6, 6.07) is 7.33. The molecule has 0 bridgehead atoms. The Bertz CT molecular complexity index is 908. The van der Waals surface area contributed by atoms with Crippen molar-refractivity contribution < 1.29 is 21.6 Å². The highest BCUT2D eigenvalue weighted by Gasteiger charge is 2.37. The Morgan fingerprint density at radius 2 is 1.88 bits per heavy atom. The van der Waals surface area contributed by atoms with Crippen LogP contribution in [0.5, 0.6) is 0 Å². The van der Waals surface area contributed by atoms with E-state index in [4.69, 9.17) is 11.6 Å². The Morgan fingerprint density at radius 3 is 2.60 bits per heavy atom. The molecule has 1 atom stereocenters. The summed E-state index contributed by atoms with van der Waals surface area (Å²) in [4.78, 5) is -0.889. The zero-order chi connectivity index (χ0) is 18.2. The molecule has 1 N–H and O–H groups in total. The predicted molar refractivity (Wildman–Crippen MR) is 87.3 cm³/mol. The second-order valence-electron chi connectivity index (χ2n) is 5.56. The van der Waals surface area contributed by atoms with Gasteiger partial charge in [0.1, 0.15) is 4.90 Å². The molecular weight excluding hydrogens is 377 g/mol. The molecule has 9 heteroatoms. The molecule has 1 fully saturated rings. The molecule has 4 nitrogen and oxygen atoms in total. The summed E-state index contributed by atoms with van der Waals surface area (Å²) in [5.74, 6) is -4.97. The quantitative estimate of drug-likeness (QED) is 0.819. The van der Waals surface area contributed by atoms with Gasteiger partial charge in [-0.25, -0.2) is 21.6 Å². The lowest BCUT2D eigenvalue weighted by Gasteiger charge is -2.35.